The monoisotopic (exact) mass is 382 g/mol. The van der Waals surface area contributed by atoms with E-state index in [1.807, 2.05) is 13.8 Å². The predicted octanol–water partition coefficient (Wildman–Crippen LogP) is 3.40. The van der Waals surface area contributed by atoms with Crippen molar-refractivity contribution < 1.29 is 46.4 Å². The average Bonchev–Trinajstić information content (AvgIpc) is 2.31. The first-order valence-corrected chi connectivity index (χ1v) is 7.65. The minimum Gasteiger partial charge on any atom is -0.320 e. The first-order valence-electron chi connectivity index (χ1n) is 7.65. The Kier molecular flexibility index (Phi) is 6.33. The molecule has 5 heteroatoms. The van der Waals surface area contributed by atoms with Gasteiger partial charge in [0.05, 0.1) is 20.6 Å². The van der Waals surface area contributed by atoms with Gasteiger partial charge in [-0.2, -0.15) is 0 Å². The van der Waals surface area contributed by atoms with E-state index in [0.717, 1.165) is 42.6 Å². The van der Waals surface area contributed by atoms with Crippen molar-refractivity contribution in [2.75, 3.05) is 26.0 Å². The van der Waals surface area contributed by atoms with E-state index >= 15 is 0 Å². The van der Waals surface area contributed by atoms with Crippen LogP contribution in [-0.4, -0.2) is 36.6 Å². The maximum atomic E-state index is 13.4. The van der Waals surface area contributed by atoms with E-state index in [-0.39, 0.29) is 50.0 Å². The third-order valence-corrected chi connectivity index (χ3v) is 5.29. The molecule has 1 saturated carbocycles. The second kappa shape index (κ2) is 7.06. The number of halogens is 1. The molecule has 0 bridgehead atoms. The largest absolute Gasteiger partial charge is 0.320 e. The SMILES string of the molecule is CC[N+](C)(C)C1(C(=O)Nc2c(C)cc(F)cc2C)CCC1.[Y]. The van der Waals surface area contributed by atoms with Crippen LogP contribution in [0.25, 0.3) is 0 Å². The van der Waals surface area contributed by atoms with Gasteiger partial charge in [0.25, 0.3) is 5.91 Å². The van der Waals surface area contributed by atoms with Crippen molar-refractivity contribution in [3.63, 3.8) is 0 Å². The van der Waals surface area contributed by atoms with Crippen molar-refractivity contribution in [1.29, 1.82) is 0 Å². The Morgan fingerprint density at radius 3 is 2.14 bits per heavy atom. The van der Waals surface area contributed by atoms with Gasteiger partial charge in [-0.05, 0) is 50.5 Å². The van der Waals surface area contributed by atoms with E-state index in [0.29, 0.717) is 4.48 Å². The summed E-state index contributed by atoms with van der Waals surface area (Å²) < 4.78 is 14.1. The van der Waals surface area contributed by atoms with Crippen LogP contribution in [0.15, 0.2) is 12.1 Å². The van der Waals surface area contributed by atoms with Gasteiger partial charge in [-0.1, -0.05) is 0 Å². The van der Waals surface area contributed by atoms with Crippen LogP contribution >= 0.6 is 0 Å². The quantitative estimate of drug-likeness (QED) is 0.795. The number of amides is 1. The van der Waals surface area contributed by atoms with E-state index in [4.69, 9.17) is 0 Å². The van der Waals surface area contributed by atoms with E-state index in [2.05, 4.69) is 26.3 Å². The van der Waals surface area contributed by atoms with Gasteiger partial charge >= 0.3 is 0 Å². The van der Waals surface area contributed by atoms with Gasteiger partial charge in [-0.3, -0.25) is 4.79 Å². The van der Waals surface area contributed by atoms with Crippen molar-refractivity contribution in [2.45, 2.75) is 45.6 Å². The minimum absolute atomic E-state index is 0. The number of likely N-dealkylation sites (N-methyl/N-ethyl adjacent to an activating group) is 1. The Hall–Kier alpha value is -0.316. The summed E-state index contributed by atoms with van der Waals surface area (Å²) in [4.78, 5) is 12.9. The Bertz CT molecular complexity index is 545. The van der Waals surface area contributed by atoms with Crippen LogP contribution in [-0.2, 0) is 37.5 Å². The number of carbonyl (C=O) groups excluding carboxylic acids is 1. The Morgan fingerprint density at radius 2 is 1.77 bits per heavy atom. The van der Waals surface area contributed by atoms with E-state index in [1.54, 1.807) is 0 Å². The Labute approximate surface area is 158 Å². The molecule has 0 aliphatic heterocycles. The van der Waals surface area contributed by atoms with E-state index in [1.165, 1.54) is 12.1 Å². The third kappa shape index (κ3) is 3.29. The average molecular weight is 382 g/mol. The zero-order chi connectivity index (χ0) is 15.8. The molecule has 0 heterocycles. The van der Waals surface area contributed by atoms with Gasteiger partial charge < -0.3 is 9.80 Å². The first kappa shape index (κ1) is 19.7. The molecule has 1 fully saturated rings. The number of rotatable bonds is 4. The number of carbonyl (C=O) groups is 1. The number of nitrogens with zero attached hydrogens (tertiary/aromatic N) is 1. The number of benzene rings is 1. The number of nitrogens with one attached hydrogen (secondary N) is 1. The number of quaternary nitrogens is 1. The molecule has 1 aliphatic carbocycles. The van der Waals surface area contributed by atoms with E-state index in [9.17, 15) is 9.18 Å². The van der Waals surface area contributed by atoms with Gasteiger partial charge in [0, 0.05) is 51.2 Å². The maximum Gasteiger partial charge on any atom is 0.285 e. The molecular weight excluding hydrogens is 356 g/mol. The van der Waals surface area contributed by atoms with Crippen LogP contribution in [0.5, 0.6) is 0 Å². The molecule has 2 rings (SSSR count). The molecule has 119 valence electrons. The molecule has 0 spiro atoms. The van der Waals surface area contributed by atoms with Crippen LogP contribution < -0.4 is 5.32 Å². The second-order valence-electron chi connectivity index (χ2n) is 6.76. The molecule has 1 aromatic carbocycles. The fourth-order valence-corrected chi connectivity index (χ4v) is 3.26. The van der Waals surface area contributed by atoms with Gasteiger partial charge in [0.2, 0.25) is 0 Å². The number of aryl methyl sites for hydroxylation is 2. The van der Waals surface area contributed by atoms with Crippen LogP contribution in [0, 0.1) is 19.7 Å². The van der Waals surface area contributed by atoms with Crippen molar-refractivity contribution in [3.8, 4) is 0 Å². The van der Waals surface area contributed by atoms with Gasteiger partial charge in [-0.25, -0.2) is 4.39 Å². The van der Waals surface area contributed by atoms with Crippen LogP contribution in [0.4, 0.5) is 10.1 Å². The van der Waals surface area contributed by atoms with Crippen molar-refractivity contribution in [2.24, 2.45) is 0 Å². The second-order valence-corrected chi connectivity index (χ2v) is 6.76. The molecule has 0 unspecified atom stereocenters. The predicted molar refractivity (Wildman–Crippen MR) is 83.7 cm³/mol. The smallest absolute Gasteiger partial charge is 0.285 e. The van der Waals surface area contributed by atoms with Crippen LogP contribution in [0.2, 0.25) is 0 Å². The standard InChI is InChI=1S/C17H25FN2O.Y/c1-6-20(4,5)17(8-7-9-17)16(21)19-15-12(2)10-14(18)11-13(15)3;/h10-11H,6-9H2,1-5H3;/p+1. The van der Waals surface area contributed by atoms with Gasteiger partial charge in [0.1, 0.15) is 5.82 Å². The summed E-state index contributed by atoms with van der Waals surface area (Å²) >= 11 is 0. The third-order valence-electron chi connectivity index (χ3n) is 5.29. The molecule has 1 radical (unpaired) electrons. The molecule has 1 N–H and O–H groups in total. The number of hydrogen-bond donors (Lipinski definition) is 1. The van der Waals surface area contributed by atoms with Crippen molar-refractivity contribution in [3.05, 3.63) is 29.1 Å². The summed E-state index contributed by atoms with van der Waals surface area (Å²) in [6.07, 6.45) is 2.93. The zero-order valence-corrected chi connectivity index (χ0v) is 17.1. The summed E-state index contributed by atoms with van der Waals surface area (Å²) in [5.74, 6) is -0.190. The van der Waals surface area contributed by atoms with Crippen LogP contribution in [0.3, 0.4) is 0 Å². The summed E-state index contributed by atoms with van der Waals surface area (Å²) in [5.41, 5.74) is 1.96. The van der Waals surface area contributed by atoms with Gasteiger partial charge in [0.15, 0.2) is 5.54 Å². The normalized spacial score (nSPS) is 16.5. The number of hydrogen-bond acceptors (Lipinski definition) is 1. The molecule has 1 amide bonds. The topological polar surface area (TPSA) is 29.1 Å². The van der Waals surface area contributed by atoms with E-state index < -0.39 is 0 Å². The maximum absolute atomic E-state index is 13.4. The molecule has 0 saturated heterocycles. The Morgan fingerprint density at radius 1 is 1.27 bits per heavy atom. The van der Waals surface area contributed by atoms with Crippen molar-refractivity contribution in [1.82, 2.24) is 0 Å². The minimum atomic E-state index is -0.345. The van der Waals surface area contributed by atoms with Crippen LogP contribution in [0.1, 0.15) is 37.3 Å². The summed E-state index contributed by atoms with van der Waals surface area (Å²) in [7, 11) is 4.23. The molecule has 22 heavy (non-hydrogen) atoms. The van der Waals surface area contributed by atoms with Gasteiger partial charge in [-0.15, -0.1) is 0 Å². The molecule has 1 aliphatic rings. The fourth-order valence-electron chi connectivity index (χ4n) is 3.26. The molecule has 3 nitrogen and oxygen atoms in total. The molecular formula is C17H26FN2OY+. The zero-order valence-electron chi connectivity index (χ0n) is 14.3. The molecule has 0 aromatic heterocycles. The number of anilines is 1. The summed E-state index contributed by atoms with van der Waals surface area (Å²) in [6, 6.07) is 2.94. The Balaban J connectivity index is 0.00000242. The summed E-state index contributed by atoms with van der Waals surface area (Å²) in [5, 5.41) is 3.07. The van der Waals surface area contributed by atoms with Crippen molar-refractivity contribution >= 4 is 11.6 Å². The first-order chi connectivity index (χ1) is 9.73. The summed E-state index contributed by atoms with van der Waals surface area (Å²) in [6.45, 7) is 6.69. The fraction of sp³-hybridized carbons (Fsp3) is 0.588. The molecule has 1 aromatic rings. The molecule has 0 atom stereocenters.